The zero-order chi connectivity index (χ0) is 14.8. The molecule has 1 aliphatic heterocycles. The van der Waals surface area contributed by atoms with Crippen LogP contribution in [-0.2, 0) is 26.1 Å². The Morgan fingerprint density at radius 2 is 2.20 bits per heavy atom. The lowest BCUT2D eigenvalue weighted by atomic mass is 10.1. The van der Waals surface area contributed by atoms with Crippen molar-refractivity contribution in [3.63, 3.8) is 0 Å². The minimum absolute atomic E-state index is 0.00717. The molecule has 0 amide bonds. The fourth-order valence-electron chi connectivity index (χ4n) is 2.11. The Balaban J connectivity index is 2.16. The molecule has 0 saturated carbocycles. The Labute approximate surface area is 117 Å². The Kier molecular flexibility index (Phi) is 4.41. The largest absolute Gasteiger partial charge is 0.480 e. The zero-order valence-electron chi connectivity index (χ0n) is 11.1. The van der Waals surface area contributed by atoms with Crippen molar-refractivity contribution in [1.29, 1.82) is 0 Å². The average Bonchev–Trinajstić information content (AvgIpc) is 2.87. The Bertz CT molecular complexity index is 577. The van der Waals surface area contributed by atoms with Crippen LogP contribution in [0.5, 0.6) is 0 Å². The van der Waals surface area contributed by atoms with Gasteiger partial charge in [0.15, 0.2) is 0 Å². The smallest absolute Gasteiger partial charge is 0.325 e. The number of carbonyl (C=O) groups is 1. The summed E-state index contributed by atoms with van der Waals surface area (Å²) in [5.41, 5.74) is 0. The first-order valence-electron chi connectivity index (χ1n) is 6.21. The van der Waals surface area contributed by atoms with E-state index in [1.807, 2.05) is 0 Å². The zero-order valence-corrected chi connectivity index (χ0v) is 11.9. The fraction of sp³-hybridized carbons (Fsp3) is 0.636. The molecule has 112 valence electrons. The summed E-state index contributed by atoms with van der Waals surface area (Å²) >= 11 is 0. The van der Waals surface area contributed by atoms with Gasteiger partial charge < -0.3 is 9.84 Å². The van der Waals surface area contributed by atoms with Gasteiger partial charge in [0.2, 0.25) is 10.0 Å². The van der Waals surface area contributed by atoms with Gasteiger partial charge in [0, 0.05) is 32.5 Å². The molecular formula is C11H17N3O5S. The van der Waals surface area contributed by atoms with Crippen molar-refractivity contribution in [1.82, 2.24) is 14.1 Å². The van der Waals surface area contributed by atoms with Gasteiger partial charge >= 0.3 is 5.97 Å². The lowest BCUT2D eigenvalue weighted by Crippen LogP contribution is -2.40. The molecule has 8 nitrogen and oxygen atoms in total. The van der Waals surface area contributed by atoms with Crippen molar-refractivity contribution in [2.45, 2.75) is 30.3 Å². The van der Waals surface area contributed by atoms with Gasteiger partial charge in [-0.1, -0.05) is 0 Å². The highest BCUT2D eigenvalue weighted by molar-refractivity contribution is 7.89. The number of nitrogens with zero attached hydrogens (tertiary/aromatic N) is 3. The van der Waals surface area contributed by atoms with E-state index in [1.165, 1.54) is 23.7 Å². The van der Waals surface area contributed by atoms with Gasteiger partial charge in [0.05, 0.1) is 6.20 Å². The summed E-state index contributed by atoms with van der Waals surface area (Å²) in [6.45, 7) is 0.724. The third kappa shape index (κ3) is 3.17. The minimum atomic E-state index is -3.65. The summed E-state index contributed by atoms with van der Waals surface area (Å²) in [6, 6.07) is -0.100. The van der Waals surface area contributed by atoms with E-state index in [4.69, 9.17) is 9.84 Å². The summed E-state index contributed by atoms with van der Waals surface area (Å²) < 4.78 is 32.5. The number of ether oxygens (including phenoxy) is 1. The van der Waals surface area contributed by atoms with Crippen molar-refractivity contribution in [2.75, 3.05) is 20.3 Å². The topological polar surface area (TPSA) is 102 Å². The Morgan fingerprint density at radius 1 is 1.55 bits per heavy atom. The monoisotopic (exact) mass is 303 g/mol. The number of carboxylic acids is 1. The molecule has 1 fully saturated rings. The Morgan fingerprint density at radius 3 is 2.80 bits per heavy atom. The van der Waals surface area contributed by atoms with Crippen molar-refractivity contribution >= 4 is 16.0 Å². The first-order chi connectivity index (χ1) is 9.41. The molecule has 0 atom stereocenters. The second-order valence-electron chi connectivity index (χ2n) is 4.63. The lowest BCUT2D eigenvalue weighted by Gasteiger charge is -2.29. The van der Waals surface area contributed by atoms with E-state index in [9.17, 15) is 13.2 Å². The van der Waals surface area contributed by atoms with Gasteiger partial charge in [-0.25, -0.2) is 8.42 Å². The van der Waals surface area contributed by atoms with E-state index in [2.05, 4.69) is 5.10 Å². The summed E-state index contributed by atoms with van der Waals surface area (Å²) in [7, 11) is -2.12. The molecule has 0 unspecified atom stereocenters. The van der Waals surface area contributed by atoms with E-state index in [0.717, 1.165) is 4.68 Å². The molecule has 2 heterocycles. The predicted octanol–water partition coefficient (Wildman–Crippen LogP) is -0.233. The highest BCUT2D eigenvalue weighted by atomic mass is 32.2. The summed E-state index contributed by atoms with van der Waals surface area (Å²) in [5, 5.41) is 12.4. The average molecular weight is 303 g/mol. The van der Waals surface area contributed by atoms with Gasteiger partial charge in [-0.05, 0) is 12.8 Å². The standard InChI is InChI=1S/C11H17N3O5S/c1-13(9-2-4-19-5-3-9)20(17,18)10-6-12-14(7-10)8-11(15)16/h6-7,9H,2-5,8H2,1H3,(H,15,16). The maximum absolute atomic E-state index is 12.4. The first-order valence-corrected chi connectivity index (χ1v) is 7.65. The van der Waals surface area contributed by atoms with Crippen molar-refractivity contribution in [3.8, 4) is 0 Å². The van der Waals surface area contributed by atoms with Gasteiger partial charge in [0.1, 0.15) is 11.4 Å². The molecule has 2 rings (SSSR count). The van der Waals surface area contributed by atoms with Crippen LogP contribution in [0.15, 0.2) is 17.3 Å². The molecule has 1 aromatic rings. The molecule has 9 heteroatoms. The molecule has 1 aliphatic rings. The van der Waals surface area contributed by atoms with E-state index in [1.54, 1.807) is 0 Å². The quantitative estimate of drug-likeness (QED) is 0.806. The summed E-state index contributed by atoms with van der Waals surface area (Å²) in [6.07, 6.45) is 3.71. The molecule has 0 radical (unpaired) electrons. The summed E-state index contributed by atoms with van der Waals surface area (Å²) in [4.78, 5) is 10.6. The maximum atomic E-state index is 12.4. The molecule has 1 aromatic heterocycles. The second-order valence-corrected chi connectivity index (χ2v) is 6.63. The SMILES string of the molecule is CN(C1CCOCC1)S(=O)(=O)c1cnn(CC(=O)O)c1. The van der Waals surface area contributed by atoms with Crippen LogP contribution in [0, 0.1) is 0 Å². The Hall–Kier alpha value is -1.45. The molecular weight excluding hydrogens is 286 g/mol. The number of hydrogen-bond acceptors (Lipinski definition) is 5. The number of hydrogen-bond donors (Lipinski definition) is 1. The highest BCUT2D eigenvalue weighted by Crippen LogP contribution is 2.21. The van der Waals surface area contributed by atoms with Gasteiger partial charge in [0.25, 0.3) is 0 Å². The van der Waals surface area contributed by atoms with Crippen molar-refractivity contribution in [2.24, 2.45) is 0 Å². The van der Waals surface area contributed by atoms with Crippen LogP contribution < -0.4 is 0 Å². The number of sulfonamides is 1. The van der Waals surface area contributed by atoms with Gasteiger partial charge in [-0.2, -0.15) is 9.40 Å². The first kappa shape index (κ1) is 14.9. The maximum Gasteiger partial charge on any atom is 0.325 e. The molecule has 20 heavy (non-hydrogen) atoms. The fourth-order valence-corrected chi connectivity index (χ4v) is 3.49. The van der Waals surface area contributed by atoms with E-state index >= 15 is 0 Å². The second kappa shape index (κ2) is 5.90. The van der Waals surface area contributed by atoms with Crippen LogP contribution >= 0.6 is 0 Å². The molecule has 1 N–H and O–H groups in total. The van der Waals surface area contributed by atoms with Crippen molar-refractivity contribution in [3.05, 3.63) is 12.4 Å². The van der Waals surface area contributed by atoms with E-state index in [-0.39, 0.29) is 17.5 Å². The number of carboxylic acid groups (broad SMARTS) is 1. The van der Waals surface area contributed by atoms with Crippen LogP contribution in [0.2, 0.25) is 0 Å². The predicted molar refractivity (Wildman–Crippen MR) is 68.7 cm³/mol. The molecule has 0 aliphatic carbocycles. The normalized spacial score (nSPS) is 17.5. The molecule has 1 saturated heterocycles. The van der Waals surface area contributed by atoms with Crippen LogP contribution in [0.3, 0.4) is 0 Å². The van der Waals surface area contributed by atoms with Crippen LogP contribution in [0.1, 0.15) is 12.8 Å². The van der Waals surface area contributed by atoms with Crippen molar-refractivity contribution < 1.29 is 23.1 Å². The van der Waals surface area contributed by atoms with E-state index in [0.29, 0.717) is 26.1 Å². The number of aliphatic carboxylic acids is 1. The number of rotatable bonds is 5. The minimum Gasteiger partial charge on any atom is -0.480 e. The summed E-state index contributed by atoms with van der Waals surface area (Å²) in [5.74, 6) is -1.07. The van der Waals surface area contributed by atoms with Crippen LogP contribution in [0.25, 0.3) is 0 Å². The molecule has 0 spiro atoms. The third-order valence-corrected chi connectivity index (χ3v) is 5.15. The lowest BCUT2D eigenvalue weighted by molar-refractivity contribution is -0.137. The van der Waals surface area contributed by atoms with Gasteiger partial charge in [-0.3, -0.25) is 9.48 Å². The van der Waals surface area contributed by atoms with Crippen LogP contribution in [-0.4, -0.2) is 59.9 Å². The molecule has 0 bridgehead atoms. The third-order valence-electron chi connectivity index (χ3n) is 3.29. The van der Waals surface area contributed by atoms with Crippen LogP contribution in [0.4, 0.5) is 0 Å². The van der Waals surface area contributed by atoms with E-state index < -0.39 is 16.0 Å². The van der Waals surface area contributed by atoms with Gasteiger partial charge in [-0.15, -0.1) is 0 Å². The molecule has 0 aromatic carbocycles. The number of aromatic nitrogens is 2. The highest BCUT2D eigenvalue weighted by Gasteiger charge is 2.30.